The Morgan fingerprint density at radius 3 is 2.50 bits per heavy atom. The molecule has 2 aromatic carbocycles. The Kier molecular flexibility index (Phi) is 7.53. The minimum atomic E-state index is -4.82. The Morgan fingerprint density at radius 2 is 1.88 bits per heavy atom. The lowest BCUT2D eigenvalue weighted by atomic mass is 10.0. The molecule has 34 heavy (non-hydrogen) atoms. The fourth-order valence-corrected chi connectivity index (χ4v) is 5.34. The van der Waals surface area contributed by atoms with Crippen LogP contribution in [0.5, 0.6) is 5.75 Å². The molecule has 1 atom stereocenters. The van der Waals surface area contributed by atoms with E-state index in [2.05, 4.69) is 5.32 Å². The third-order valence-electron chi connectivity index (χ3n) is 5.09. The van der Waals surface area contributed by atoms with E-state index >= 15 is 0 Å². The lowest BCUT2D eigenvalue weighted by molar-refractivity contribution is -0.126. The number of nitrogens with one attached hydrogen (secondary N) is 1. The SMILES string of the molecule is COc1ccc(Cl)cc1S(=O)(=O)N1CC(C(F)(F)F)=CCC1C(=O)NCc1ccc(F)c(F)c1. The van der Waals surface area contributed by atoms with Gasteiger partial charge in [0.15, 0.2) is 11.6 Å². The first-order valence-electron chi connectivity index (χ1n) is 9.68. The molecule has 0 aliphatic carbocycles. The molecule has 1 amide bonds. The van der Waals surface area contributed by atoms with Crippen LogP contribution in [0.1, 0.15) is 12.0 Å². The zero-order valence-corrected chi connectivity index (χ0v) is 19.1. The van der Waals surface area contributed by atoms with Crippen molar-refractivity contribution in [1.82, 2.24) is 9.62 Å². The Morgan fingerprint density at radius 1 is 1.18 bits per heavy atom. The lowest BCUT2D eigenvalue weighted by Crippen LogP contribution is -2.52. The van der Waals surface area contributed by atoms with Crippen molar-refractivity contribution >= 4 is 27.5 Å². The van der Waals surface area contributed by atoms with Crippen LogP contribution >= 0.6 is 11.6 Å². The molecule has 1 heterocycles. The van der Waals surface area contributed by atoms with Crippen molar-refractivity contribution in [1.29, 1.82) is 0 Å². The summed E-state index contributed by atoms with van der Waals surface area (Å²) in [5.41, 5.74) is -0.970. The Bertz CT molecular complexity index is 1230. The van der Waals surface area contributed by atoms with Crippen LogP contribution in [0.4, 0.5) is 22.0 Å². The van der Waals surface area contributed by atoms with Crippen LogP contribution in [0.15, 0.2) is 52.9 Å². The molecule has 0 radical (unpaired) electrons. The fourth-order valence-electron chi connectivity index (χ4n) is 3.34. The van der Waals surface area contributed by atoms with Crippen LogP contribution in [-0.2, 0) is 21.4 Å². The van der Waals surface area contributed by atoms with Crippen molar-refractivity contribution in [2.75, 3.05) is 13.7 Å². The summed E-state index contributed by atoms with van der Waals surface area (Å²) >= 11 is 5.89. The summed E-state index contributed by atoms with van der Waals surface area (Å²) in [6, 6.07) is 4.91. The van der Waals surface area contributed by atoms with Crippen LogP contribution in [0.3, 0.4) is 0 Å². The van der Waals surface area contributed by atoms with Gasteiger partial charge in [0.1, 0.15) is 16.7 Å². The fraction of sp³-hybridized carbons (Fsp3) is 0.286. The highest BCUT2D eigenvalue weighted by Gasteiger charge is 2.45. The Labute approximate surface area is 197 Å². The van der Waals surface area contributed by atoms with Crippen molar-refractivity contribution in [3.8, 4) is 5.75 Å². The topological polar surface area (TPSA) is 75.7 Å². The number of benzene rings is 2. The van der Waals surface area contributed by atoms with E-state index in [-0.39, 0.29) is 22.9 Å². The first kappa shape index (κ1) is 25.9. The van der Waals surface area contributed by atoms with E-state index in [4.69, 9.17) is 16.3 Å². The molecule has 13 heteroatoms. The first-order chi connectivity index (χ1) is 15.8. The van der Waals surface area contributed by atoms with E-state index in [0.29, 0.717) is 4.31 Å². The number of hydrogen-bond donors (Lipinski definition) is 1. The molecule has 0 bridgehead atoms. The number of sulfonamides is 1. The molecule has 0 aromatic heterocycles. The number of halogens is 6. The average Bonchev–Trinajstić information content (AvgIpc) is 2.78. The molecule has 2 aromatic rings. The summed E-state index contributed by atoms with van der Waals surface area (Å²) in [6.07, 6.45) is -4.64. The predicted octanol–water partition coefficient (Wildman–Crippen LogP) is 4.19. The monoisotopic (exact) mass is 524 g/mol. The minimum absolute atomic E-state index is 0.0118. The molecule has 0 fully saturated rings. The van der Waals surface area contributed by atoms with E-state index in [0.717, 1.165) is 24.3 Å². The normalized spacial score (nSPS) is 17.3. The van der Waals surface area contributed by atoms with E-state index in [1.165, 1.54) is 25.3 Å². The number of nitrogens with zero attached hydrogens (tertiary/aromatic N) is 1. The number of ether oxygens (including phenoxy) is 1. The first-order valence-corrected chi connectivity index (χ1v) is 11.5. The van der Waals surface area contributed by atoms with Crippen LogP contribution in [0.25, 0.3) is 0 Å². The molecular weight excluding hydrogens is 507 g/mol. The highest BCUT2D eigenvalue weighted by molar-refractivity contribution is 7.89. The van der Waals surface area contributed by atoms with Gasteiger partial charge < -0.3 is 10.1 Å². The Balaban J connectivity index is 1.95. The molecular formula is C21H18ClF5N2O4S. The van der Waals surface area contributed by atoms with Crippen molar-refractivity contribution in [2.45, 2.75) is 30.1 Å². The molecule has 6 nitrogen and oxygen atoms in total. The molecule has 1 unspecified atom stereocenters. The maximum absolute atomic E-state index is 13.4. The van der Waals surface area contributed by atoms with Gasteiger partial charge in [0, 0.05) is 23.7 Å². The van der Waals surface area contributed by atoms with Gasteiger partial charge >= 0.3 is 6.18 Å². The van der Waals surface area contributed by atoms with E-state index in [1.54, 1.807) is 0 Å². The van der Waals surface area contributed by atoms with Crippen molar-refractivity contribution in [2.24, 2.45) is 0 Å². The zero-order valence-electron chi connectivity index (χ0n) is 17.5. The number of methoxy groups -OCH3 is 1. The molecule has 0 saturated heterocycles. The number of carbonyl (C=O) groups excluding carboxylic acids is 1. The van der Waals surface area contributed by atoms with Gasteiger partial charge in [-0.15, -0.1) is 0 Å². The van der Waals surface area contributed by atoms with Crippen molar-refractivity contribution < 1.29 is 39.9 Å². The summed E-state index contributed by atoms with van der Waals surface area (Å²) in [4.78, 5) is 12.3. The van der Waals surface area contributed by atoms with Crippen molar-refractivity contribution in [3.05, 3.63) is 70.3 Å². The van der Waals surface area contributed by atoms with Gasteiger partial charge in [0.2, 0.25) is 15.9 Å². The molecule has 0 spiro atoms. The zero-order chi connectivity index (χ0) is 25.3. The standard InChI is InChI=1S/C21H18ClF5N2O4S/c1-33-18-7-4-14(22)9-19(18)34(31,32)29-11-13(21(25,26)27)3-6-17(29)20(30)28-10-12-2-5-15(23)16(24)8-12/h2-5,7-9,17H,6,10-11H2,1H3,(H,28,30). The highest BCUT2D eigenvalue weighted by Crippen LogP contribution is 2.36. The third kappa shape index (κ3) is 5.50. The molecule has 1 aliphatic heterocycles. The van der Waals surface area contributed by atoms with Gasteiger partial charge in [-0.2, -0.15) is 17.5 Å². The molecule has 1 N–H and O–H groups in total. The summed E-state index contributed by atoms with van der Waals surface area (Å²) in [5, 5.41) is 2.35. The molecule has 1 aliphatic rings. The Hall–Kier alpha value is -2.70. The molecule has 0 saturated carbocycles. The van der Waals surface area contributed by atoms with Crippen LogP contribution in [0, 0.1) is 11.6 Å². The summed E-state index contributed by atoms with van der Waals surface area (Å²) in [6.45, 7) is -1.43. The number of hydrogen-bond acceptors (Lipinski definition) is 4. The number of alkyl halides is 3. The second-order valence-corrected chi connectivity index (χ2v) is 9.59. The second kappa shape index (κ2) is 9.88. The number of rotatable bonds is 6. The van der Waals surface area contributed by atoms with Gasteiger partial charge in [-0.3, -0.25) is 4.79 Å². The maximum atomic E-state index is 13.4. The summed E-state index contributed by atoms with van der Waals surface area (Å²) in [5.74, 6) is -3.35. The average molecular weight is 525 g/mol. The second-order valence-electron chi connectivity index (χ2n) is 7.29. The number of carbonyl (C=O) groups is 1. The smallest absolute Gasteiger partial charge is 0.413 e. The van der Waals surface area contributed by atoms with Crippen molar-refractivity contribution in [3.63, 3.8) is 0 Å². The van der Waals surface area contributed by atoms with Gasteiger partial charge in [-0.05, 0) is 42.3 Å². The number of amides is 1. The van der Waals surface area contributed by atoms with Gasteiger partial charge in [0.25, 0.3) is 0 Å². The van der Waals surface area contributed by atoms with Crippen LogP contribution in [0.2, 0.25) is 5.02 Å². The quantitative estimate of drug-likeness (QED) is 0.454. The predicted molar refractivity (Wildman–Crippen MR) is 113 cm³/mol. The largest absolute Gasteiger partial charge is 0.495 e. The van der Waals surface area contributed by atoms with Gasteiger partial charge in [0.05, 0.1) is 7.11 Å². The highest BCUT2D eigenvalue weighted by atomic mass is 35.5. The van der Waals surface area contributed by atoms with Crippen LogP contribution in [-0.4, -0.2) is 44.5 Å². The van der Waals surface area contributed by atoms with E-state index in [9.17, 15) is 35.2 Å². The van der Waals surface area contributed by atoms with Gasteiger partial charge in [-0.1, -0.05) is 23.7 Å². The summed E-state index contributed by atoms with van der Waals surface area (Å²) in [7, 11) is -3.53. The molecule has 184 valence electrons. The van der Waals surface area contributed by atoms with Gasteiger partial charge in [-0.25, -0.2) is 17.2 Å². The minimum Gasteiger partial charge on any atom is -0.495 e. The summed E-state index contributed by atoms with van der Waals surface area (Å²) < 4.78 is 98.9. The van der Waals surface area contributed by atoms with E-state index in [1.807, 2.05) is 0 Å². The molecule has 3 rings (SSSR count). The third-order valence-corrected chi connectivity index (χ3v) is 7.20. The van der Waals surface area contributed by atoms with E-state index < -0.39 is 63.2 Å². The maximum Gasteiger partial charge on any atom is 0.413 e. The van der Waals surface area contributed by atoms with Crippen LogP contribution < -0.4 is 10.1 Å². The lowest BCUT2D eigenvalue weighted by Gasteiger charge is -2.34.